The molecule has 0 bridgehead atoms. The second-order valence-electron chi connectivity index (χ2n) is 7.10. The van der Waals surface area contributed by atoms with Crippen molar-refractivity contribution in [2.24, 2.45) is 0 Å². The molecular formula is C21H19ClFNO3. The van der Waals surface area contributed by atoms with Gasteiger partial charge in [0.05, 0.1) is 17.1 Å². The zero-order valence-corrected chi connectivity index (χ0v) is 15.5. The third kappa shape index (κ3) is 3.32. The number of carbonyl (C=O) groups is 2. The topological polar surface area (TPSA) is 46.6 Å². The van der Waals surface area contributed by atoms with E-state index in [2.05, 4.69) is 0 Å². The third-order valence-electron chi connectivity index (χ3n) is 5.35. The van der Waals surface area contributed by atoms with Crippen LogP contribution in [0.2, 0.25) is 5.02 Å². The van der Waals surface area contributed by atoms with Gasteiger partial charge in [0.25, 0.3) is 0 Å². The Morgan fingerprint density at radius 1 is 1.26 bits per heavy atom. The standard InChI is InChI=1S/C21H19ClFNO3/c22-17-8-6-14(12-18(17)23)7-9-19(25)24-11-3-10-21(13-24)16-5-2-1-4-15(16)20(26)27-21/h1-2,4-6,8,12H,3,7,9-11,13H2/t21-/m0/s1. The Labute approximate surface area is 161 Å². The van der Waals surface area contributed by atoms with Crippen molar-refractivity contribution in [3.63, 3.8) is 0 Å². The molecule has 2 aromatic carbocycles. The van der Waals surface area contributed by atoms with Crippen molar-refractivity contribution >= 4 is 23.5 Å². The van der Waals surface area contributed by atoms with Crippen LogP contribution in [0.5, 0.6) is 0 Å². The number of aryl methyl sites for hydroxylation is 1. The van der Waals surface area contributed by atoms with Crippen molar-refractivity contribution in [2.75, 3.05) is 13.1 Å². The zero-order valence-electron chi connectivity index (χ0n) is 14.7. The van der Waals surface area contributed by atoms with Crippen LogP contribution in [0, 0.1) is 5.82 Å². The minimum atomic E-state index is -0.742. The van der Waals surface area contributed by atoms with Gasteiger partial charge >= 0.3 is 5.97 Å². The lowest BCUT2D eigenvalue weighted by Crippen LogP contribution is -2.48. The summed E-state index contributed by atoms with van der Waals surface area (Å²) in [7, 11) is 0. The number of esters is 1. The molecule has 0 unspecified atom stereocenters. The molecule has 1 saturated heterocycles. The first-order chi connectivity index (χ1) is 13.0. The molecule has 1 atom stereocenters. The first kappa shape index (κ1) is 18.0. The summed E-state index contributed by atoms with van der Waals surface area (Å²) < 4.78 is 19.3. The molecule has 0 radical (unpaired) electrons. The van der Waals surface area contributed by atoms with E-state index in [-0.39, 0.29) is 23.3 Å². The highest BCUT2D eigenvalue weighted by Crippen LogP contribution is 2.42. The molecule has 1 amide bonds. The van der Waals surface area contributed by atoms with Crippen molar-refractivity contribution < 1.29 is 18.7 Å². The minimum absolute atomic E-state index is 0.0233. The number of amides is 1. The molecule has 0 saturated carbocycles. The smallest absolute Gasteiger partial charge is 0.339 e. The molecule has 0 aromatic heterocycles. The molecule has 0 N–H and O–H groups in total. The fourth-order valence-corrected chi connectivity index (χ4v) is 4.11. The van der Waals surface area contributed by atoms with Gasteiger partial charge in [-0.3, -0.25) is 4.79 Å². The molecule has 0 aliphatic carbocycles. The van der Waals surface area contributed by atoms with Crippen LogP contribution in [0.1, 0.15) is 40.7 Å². The van der Waals surface area contributed by atoms with E-state index >= 15 is 0 Å². The number of rotatable bonds is 3. The first-order valence-corrected chi connectivity index (χ1v) is 9.41. The average Bonchev–Trinajstić information content (AvgIpc) is 2.94. The Hall–Kier alpha value is -2.40. The van der Waals surface area contributed by atoms with Crippen LogP contribution < -0.4 is 0 Å². The number of likely N-dealkylation sites (tertiary alicyclic amines) is 1. The fourth-order valence-electron chi connectivity index (χ4n) is 3.99. The van der Waals surface area contributed by atoms with Gasteiger partial charge in [0.15, 0.2) is 5.60 Å². The van der Waals surface area contributed by atoms with Gasteiger partial charge in [-0.1, -0.05) is 35.9 Å². The van der Waals surface area contributed by atoms with Gasteiger partial charge in [0.2, 0.25) is 5.91 Å². The molecule has 1 spiro atoms. The highest BCUT2D eigenvalue weighted by atomic mass is 35.5. The maximum atomic E-state index is 13.6. The molecule has 4 nitrogen and oxygen atoms in total. The van der Waals surface area contributed by atoms with Crippen molar-refractivity contribution in [3.05, 3.63) is 70.0 Å². The van der Waals surface area contributed by atoms with Gasteiger partial charge in [0.1, 0.15) is 5.82 Å². The molecule has 2 aliphatic heterocycles. The summed E-state index contributed by atoms with van der Waals surface area (Å²) in [6.07, 6.45) is 2.18. The Morgan fingerprint density at radius 2 is 2.07 bits per heavy atom. The molecular weight excluding hydrogens is 369 g/mol. The summed E-state index contributed by atoms with van der Waals surface area (Å²) in [6, 6.07) is 12.0. The zero-order chi connectivity index (χ0) is 19.0. The predicted molar refractivity (Wildman–Crippen MR) is 99.1 cm³/mol. The number of piperidine rings is 1. The molecule has 2 heterocycles. The lowest BCUT2D eigenvalue weighted by Gasteiger charge is -2.39. The highest BCUT2D eigenvalue weighted by molar-refractivity contribution is 6.30. The molecule has 2 aromatic rings. The maximum Gasteiger partial charge on any atom is 0.339 e. The van der Waals surface area contributed by atoms with Crippen molar-refractivity contribution in [2.45, 2.75) is 31.3 Å². The summed E-state index contributed by atoms with van der Waals surface area (Å²) in [5, 5.41) is 0.0739. The molecule has 27 heavy (non-hydrogen) atoms. The van der Waals surface area contributed by atoms with Gasteiger partial charge < -0.3 is 9.64 Å². The summed E-state index contributed by atoms with van der Waals surface area (Å²) in [4.78, 5) is 26.7. The number of hydrogen-bond acceptors (Lipinski definition) is 3. The first-order valence-electron chi connectivity index (χ1n) is 9.03. The van der Waals surface area contributed by atoms with Crippen LogP contribution in [-0.4, -0.2) is 29.9 Å². The number of hydrogen-bond donors (Lipinski definition) is 0. The number of nitrogens with zero attached hydrogens (tertiary/aromatic N) is 1. The van der Waals surface area contributed by atoms with E-state index in [0.29, 0.717) is 31.5 Å². The number of ether oxygens (including phenoxy) is 1. The van der Waals surface area contributed by atoms with Gasteiger partial charge in [-0.25, -0.2) is 9.18 Å². The van der Waals surface area contributed by atoms with Gasteiger partial charge in [-0.05, 0) is 43.0 Å². The fraction of sp³-hybridized carbons (Fsp3) is 0.333. The average molecular weight is 388 g/mol. The normalized spacial score (nSPS) is 21.3. The quantitative estimate of drug-likeness (QED) is 0.745. The van der Waals surface area contributed by atoms with E-state index in [9.17, 15) is 14.0 Å². The lowest BCUT2D eigenvalue weighted by molar-refractivity contribution is -0.138. The minimum Gasteiger partial charge on any atom is -0.449 e. The largest absolute Gasteiger partial charge is 0.449 e. The Morgan fingerprint density at radius 3 is 2.89 bits per heavy atom. The van der Waals surface area contributed by atoms with E-state index < -0.39 is 11.4 Å². The summed E-state index contributed by atoms with van der Waals surface area (Å²) in [5.41, 5.74) is 1.44. The van der Waals surface area contributed by atoms with Crippen LogP contribution >= 0.6 is 11.6 Å². The monoisotopic (exact) mass is 387 g/mol. The maximum absolute atomic E-state index is 13.6. The van der Waals surface area contributed by atoms with Crippen LogP contribution in [0.3, 0.4) is 0 Å². The molecule has 2 aliphatic rings. The van der Waals surface area contributed by atoms with Crippen molar-refractivity contribution in [1.29, 1.82) is 0 Å². The lowest BCUT2D eigenvalue weighted by atomic mass is 9.85. The Bertz CT molecular complexity index is 916. The Kier molecular flexibility index (Phi) is 4.64. The van der Waals surface area contributed by atoms with E-state index in [1.807, 2.05) is 18.2 Å². The van der Waals surface area contributed by atoms with Crippen molar-refractivity contribution in [1.82, 2.24) is 4.90 Å². The van der Waals surface area contributed by atoms with Gasteiger partial charge in [0, 0.05) is 18.5 Å². The van der Waals surface area contributed by atoms with Gasteiger partial charge in [-0.15, -0.1) is 0 Å². The molecule has 6 heteroatoms. The Balaban J connectivity index is 1.46. The highest BCUT2D eigenvalue weighted by Gasteiger charge is 2.48. The number of fused-ring (bicyclic) bond motifs is 2. The predicted octanol–water partition coefficient (Wildman–Crippen LogP) is 4.10. The van der Waals surface area contributed by atoms with E-state index in [1.165, 1.54) is 12.1 Å². The van der Waals surface area contributed by atoms with E-state index in [1.54, 1.807) is 17.0 Å². The van der Waals surface area contributed by atoms with Gasteiger partial charge in [-0.2, -0.15) is 0 Å². The van der Waals surface area contributed by atoms with Crippen LogP contribution in [0.25, 0.3) is 0 Å². The number of halogens is 2. The van der Waals surface area contributed by atoms with Crippen molar-refractivity contribution in [3.8, 4) is 0 Å². The summed E-state index contributed by atoms with van der Waals surface area (Å²) in [5.74, 6) is -0.825. The van der Waals surface area contributed by atoms with E-state index in [0.717, 1.165) is 17.5 Å². The second-order valence-corrected chi connectivity index (χ2v) is 7.50. The van der Waals surface area contributed by atoms with Crippen LogP contribution in [0.15, 0.2) is 42.5 Å². The third-order valence-corrected chi connectivity index (χ3v) is 5.65. The van der Waals surface area contributed by atoms with Crippen LogP contribution in [0.4, 0.5) is 4.39 Å². The molecule has 140 valence electrons. The van der Waals surface area contributed by atoms with Crippen LogP contribution in [-0.2, 0) is 21.6 Å². The number of benzene rings is 2. The van der Waals surface area contributed by atoms with E-state index in [4.69, 9.17) is 16.3 Å². The molecule has 1 fully saturated rings. The number of carbonyl (C=O) groups excluding carboxylic acids is 2. The SMILES string of the molecule is O=C1O[C@]2(CCCN(C(=O)CCc3ccc(Cl)c(F)c3)C2)c2ccccc21. The molecule has 4 rings (SSSR count). The summed E-state index contributed by atoms with van der Waals surface area (Å²) >= 11 is 5.70. The second kappa shape index (κ2) is 6.97. The summed E-state index contributed by atoms with van der Waals surface area (Å²) in [6.45, 7) is 0.999.